The van der Waals surface area contributed by atoms with E-state index in [0.29, 0.717) is 23.4 Å². The summed E-state index contributed by atoms with van der Waals surface area (Å²) in [7, 11) is 4.08. The van der Waals surface area contributed by atoms with Crippen molar-refractivity contribution >= 4 is 11.9 Å². The highest BCUT2D eigenvalue weighted by Gasteiger charge is 2.33. The van der Waals surface area contributed by atoms with Gasteiger partial charge in [-0.3, -0.25) is 4.79 Å². The summed E-state index contributed by atoms with van der Waals surface area (Å²) in [6, 6.07) is 8.48. The number of aromatic amines is 1. The van der Waals surface area contributed by atoms with Crippen molar-refractivity contribution in [2.75, 3.05) is 20.6 Å². The van der Waals surface area contributed by atoms with Crippen LogP contribution in [0.2, 0.25) is 0 Å². The number of rotatable bonds is 5. The van der Waals surface area contributed by atoms with Crippen molar-refractivity contribution in [2.45, 2.75) is 39.3 Å². The van der Waals surface area contributed by atoms with Crippen LogP contribution in [0.15, 0.2) is 24.3 Å². The third kappa shape index (κ3) is 3.76. The molecule has 3 rings (SSSR count). The Kier molecular flexibility index (Phi) is 5.37. The van der Waals surface area contributed by atoms with Gasteiger partial charge in [-0.2, -0.15) is 0 Å². The number of carboxylic acid groups (broad SMARTS) is 1. The molecule has 27 heavy (non-hydrogen) atoms. The quantitative estimate of drug-likeness (QED) is 0.847. The fourth-order valence-corrected chi connectivity index (χ4v) is 3.99. The first-order valence-electron chi connectivity index (χ1n) is 9.26. The summed E-state index contributed by atoms with van der Waals surface area (Å²) in [6.45, 7) is 5.03. The van der Waals surface area contributed by atoms with Gasteiger partial charge >= 0.3 is 5.97 Å². The molecule has 1 aromatic heterocycles. The van der Waals surface area contributed by atoms with Crippen LogP contribution in [0.1, 0.15) is 62.1 Å². The van der Waals surface area contributed by atoms with E-state index in [9.17, 15) is 14.7 Å². The smallest absolute Gasteiger partial charge is 0.352 e. The van der Waals surface area contributed by atoms with E-state index < -0.39 is 5.97 Å². The summed E-state index contributed by atoms with van der Waals surface area (Å²) in [5, 5.41) is 9.31. The molecular weight excluding hydrogens is 342 g/mol. The predicted octanol–water partition coefficient (Wildman–Crippen LogP) is 3.37. The molecule has 0 saturated carbocycles. The van der Waals surface area contributed by atoms with Crippen molar-refractivity contribution in [2.24, 2.45) is 0 Å². The number of hydrogen-bond acceptors (Lipinski definition) is 3. The molecule has 0 aliphatic carbocycles. The summed E-state index contributed by atoms with van der Waals surface area (Å²) in [5.41, 5.74) is 4.08. The van der Waals surface area contributed by atoms with Gasteiger partial charge in [0.2, 0.25) is 0 Å². The standard InChI is InChI=1S/C21H27N3O3/c1-13-18(14(2)22-19(13)21(26)27)20(25)24-11-5-6-17(24)16-9-7-15(8-10-16)12-23(3)4/h7-10,17,22H,5-6,11-12H2,1-4H3,(H,26,27)/t17-/m0/s1. The van der Waals surface area contributed by atoms with Crippen molar-refractivity contribution in [1.29, 1.82) is 0 Å². The van der Waals surface area contributed by atoms with Gasteiger partial charge in [0, 0.05) is 18.8 Å². The Hall–Kier alpha value is -2.60. The molecule has 0 radical (unpaired) electrons. The zero-order valence-corrected chi connectivity index (χ0v) is 16.4. The molecule has 144 valence electrons. The number of carbonyl (C=O) groups excluding carboxylic acids is 1. The highest BCUT2D eigenvalue weighted by atomic mass is 16.4. The Morgan fingerprint density at radius 1 is 1.22 bits per heavy atom. The number of H-pyrrole nitrogens is 1. The van der Waals surface area contributed by atoms with Gasteiger partial charge in [-0.25, -0.2) is 4.79 Å². The largest absolute Gasteiger partial charge is 0.477 e. The highest BCUT2D eigenvalue weighted by molar-refractivity contribution is 6.01. The van der Waals surface area contributed by atoms with E-state index in [0.717, 1.165) is 24.9 Å². The monoisotopic (exact) mass is 369 g/mol. The van der Waals surface area contributed by atoms with Crippen LogP contribution in [-0.4, -0.2) is 52.4 Å². The molecule has 2 aromatic rings. The minimum atomic E-state index is -1.04. The van der Waals surface area contributed by atoms with Crippen molar-refractivity contribution in [1.82, 2.24) is 14.8 Å². The summed E-state index contributed by atoms with van der Waals surface area (Å²) < 4.78 is 0. The van der Waals surface area contributed by atoms with Crippen LogP contribution in [-0.2, 0) is 6.54 Å². The van der Waals surface area contributed by atoms with Gasteiger partial charge in [-0.05, 0) is 57.5 Å². The Morgan fingerprint density at radius 2 is 1.89 bits per heavy atom. The Labute approximate surface area is 159 Å². The zero-order chi connectivity index (χ0) is 19.7. The van der Waals surface area contributed by atoms with E-state index in [1.807, 2.05) is 19.0 Å². The van der Waals surface area contributed by atoms with E-state index >= 15 is 0 Å². The number of carboxylic acids is 1. The van der Waals surface area contributed by atoms with Crippen LogP contribution >= 0.6 is 0 Å². The van der Waals surface area contributed by atoms with Gasteiger partial charge in [0.1, 0.15) is 5.69 Å². The molecule has 1 amide bonds. The molecule has 0 unspecified atom stereocenters. The minimum absolute atomic E-state index is 0.0351. The molecule has 0 bridgehead atoms. The zero-order valence-electron chi connectivity index (χ0n) is 16.4. The topological polar surface area (TPSA) is 76.6 Å². The Morgan fingerprint density at radius 3 is 2.44 bits per heavy atom. The summed E-state index contributed by atoms with van der Waals surface area (Å²) in [4.78, 5) is 31.4. The van der Waals surface area contributed by atoms with Crippen molar-refractivity contribution in [3.05, 3.63) is 57.9 Å². The second kappa shape index (κ2) is 7.56. The number of carbonyl (C=O) groups is 2. The van der Waals surface area contributed by atoms with Crippen molar-refractivity contribution in [3.8, 4) is 0 Å². The third-order valence-corrected chi connectivity index (χ3v) is 5.24. The lowest BCUT2D eigenvalue weighted by atomic mass is 10.0. The lowest BCUT2D eigenvalue weighted by molar-refractivity contribution is 0.0690. The van der Waals surface area contributed by atoms with E-state index in [4.69, 9.17) is 0 Å². The number of nitrogens with zero attached hydrogens (tertiary/aromatic N) is 2. The SMILES string of the molecule is Cc1[nH]c(C(=O)O)c(C)c1C(=O)N1CCC[C@H]1c1ccc(CN(C)C)cc1. The van der Waals surface area contributed by atoms with Crippen LogP contribution in [0.3, 0.4) is 0 Å². The van der Waals surface area contributed by atoms with Gasteiger partial charge < -0.3 is 19.9 Å². The summed E-state index contributed by atoms with van der Waals surface area (Å²) in [5.74, 6) is -1.13. The van der Waals surface area contributed by atoms with E-state index in [1.54, 1.807) is 13.8 Å². The van der Waals surface area contributed by atoms with Gasteiger partial charge in [0.05, 0.1) is 11.6 Å². The first-order chi connectivity index (χ1) is 12.8. The lowest BCUT2D eigenvalue weighted by Gasteiger charge is -2.26. The molecule has 0 spiro atoms. The maximum Gasteiger partial charge on any atom is 0.352 e. The Bertz CT molecular complexity index is 852. The van der Waals surface area contributed by atoms with Gasteiger partial charge in [0.15, 0.2) is 0 Å². The number of amides is 1. The number of benzene rings is 1. The number of likely N-dealkylation sites (tertiary alicyclic amines) is 1. The number of hydrogen-bond donors (Lipinski definition) is 2. The second-order valence-electron chi connectivity index (χ2n) is 7.57. The average molecular weight is 369 g/mol. The molecular formula is C21H27N3O3. The number of aryl methyl sites for hydroxylation is 1. The fraction of sp³-hybridized carbons (Fsp3) is 0.429. The molecule has 1 aromatic carbocycles. The molecule has 1 aliphatic heterocycles. The van der Waals surface area contributed by atoms with Crippen LogP contribution in [0.25, 0.3) is 0 Å². The minimum Gasteiger partial charge on any atom is -0.477 e. The molecule has 1 saturated heterocycles. The average Bonchev–Trinajstić information content (AvgIpc) is 3.19. The number of aromatic nitrogens is 1. The number of aromatic carboxylic acids is 1. The number of nitrogens with one attached hydrogen (secondary N) is 1. The molecule has 1 fully saturated rings. The Balaban J connectivity index is 1.86. The molecule has 1 aliphatic rings. The van der Waals surface area contributed by atoms with Gasteiger partial charge in [-0.1, -0.05) is 24.3 Å². The van der Waals surface area contributed by atoms with Gasteiger partial charge in [0.25, 0.3) is 5.91 Å². The molecule has 6 nitrogen and oxygen atoms in total. The van der Waals surface area contributed by atoms with E-state index in [-0.39, 0.29) is 17.6 Å². The lowest BCUT2D eigenvalue weighted by Crippen LogP contribution is -2.31. The van der Waals surface area contributed by atoms with Gasteiger partial charge in [-0.15, -0.1) is 0 Å². The van der Waals surface area contributed by atoms with Crippen LogP contribution in [0, 0.1) is 13.8 Å². The van der Waals surface area contributed by atoms with Crippen molar-refractivity contribution in [3.63, 3.8) is 0 Å². The fourth-order valence-electron chi connectivity index (χ4n) is 3.99. The molecule has 2 N–H and O–H groups in total. The third-order valence-electron chi connectivity index (χ3n) is 5.24. The molecule has 2 heterocycles. The van der Waals surface area contributed by atoms with E-state index in [1.165, 1.54) is 5.56 Å². The van der Waals surface area contributed by atoms with Crippen LogP contribution in [0.4, 0.5) is 0 Å². The van der Waals surface area contributed by atoms with E-state index in [2.05, 4.69) is 34.1 Å². The van der Waals surface area contributed by atoms with Crippen molar-refractivity contribution < 1.29 is 14.7 Å². The van der Waals surface area contributed by atoms with Crippen LogP contribution in [0.5, 0.6) is 0 Å². The normalized spacial score (nSPS) is 16.9. The summed E-state index contributed by atoms with van der Waals surface area (Å²) >= 11 is 0. The van der Waals surface area contributed by atoms with Crippen LogP contribution < -0.4 is 0 Å². The highest BCUT2D eigenvalue weighted by Crippen LogP contribution is 2.34. The first kappa shape index (κ1) is 19.2. The first-order valence-corrected chi connectivity index (χ1v) is 9.26. The predicted molar refractivity (Wildman–Crippen MR) is 104 cm³/mol. The summed E-state index contributed by atoms with van der Waals surface area (Å²) in [6.07, 6.45) is 1.87. The maximum absolute atomic E-state index is 13.2. The second-order valence-corrected chi connectivity index (χ2v) is 7.57. The molecule has 6 heteroatoms. The molecule has 1 atom stereocenters. The maximum atomic E-state index is 13.2.